The van der Waals surface area contributed by atoms with Gasteiger partial charge in [0.15, 0.2) is 11.5 Å². The van der Waals surface area contributed by atoms with Crippen molar-refractivity contribution in [3.63, 3.8) is 0 Å². The average molecular weight is 286 g/mol. The number of hydrogen-bond donors (Lipinski definition) is 2. The minimum atomic E-state index is -0.303. The normalized spacial score (nSPS) is 18.7. The Kier molecular flexibility index (Phi) is 3.13. The number of aromatic hydroxyl groups is 1. The van der Waals surface area contributed by atoms with E-state index in [1.54, 1.807) is 12.1 Å². The third-order valence-corrected chi connectivity index (χ3v) is 3.96. The van der Waals surface area contributed by atoms with E-state index in [4.69, 9.17) is 10.5 Å². The fraction of sp³-hybridized carbons (Fsp3) is 0.500. The fourth-order valence-electron chi connectivity index (χ4n) is 2.36. The van der Waals surface area contributed by atoms with Crippen LogP contribution >= 0.6 is 15.9 Å². The number of phenolic OH excluding ortho intramolecular Hbond substituents is 1. The minimum Gasteiger partial charge on any atom is -0.504 e. The highest BCUT2D eigenvalue weighted by Crippen LogP contribution is 2.43. The van der Waals surface area contributed by atoms with Gasteiger partial charge in [-0.3, -0.25) is 0 Å². The molecule has 1 fully saturated rings. The summed E-state index contributed by atoms with van der Waals surface area (Å²) in [6.45, 7) is 0. The smallest absolute Gasteiger partial charge is 0.161 e. The predicted molar refractivity (Wildman–Crippen MR) is 66.7 cm³/mol. The first kappa shape index (κ1) is 11.7. The van der Waals surface area contributed by atoms with E-state index in [-0.39, 0.29) is 11.3 Å². The van der Waals surface area contributed by atoms with Crippen LogP contribution in [0.25, 0.3) is 0 Å². The van der Waals surface area contributed by atoms with E-state index in [0.29, 0.717) is 5.75 Å². The van der Waals surface area contributed by atoms with E-state index in [9.17, 15) is 5.11 Å². The first-order valence-electron chi connectivity index (χ1n) is 5.43. The van der Waals surface area contributed by atoms with Gasteiger partial charge in [0.2, 0.25) is 0 Å². The Hall–Kier alpha value is -0.740. The summed E-state index contributed by atoms with van der Waals surface area (Å²) in [4.78, 5) is 0. The summed E-state index contributed by atoms with van der Waals surface area (Å²) in [5.74, 6) is 0.620. The number of ether oxygens (including phenoxy) is 1. The zero-order valence-electron chi connectivity index (χ0n) is 9.29. The Balaban J connectivity index is 2.45. The number of rotatable bonds is 2. The molecule has 3 N–H and O–H groups in total. The lowest BCUT2D eigenvalue weighted by Crippen LogP contribution is -2.33. The molecule has 1 saturated carbocycles. The van der Waals surface area contributed by atoms with Crippen molar-refractivity contribution in [2.75, 3.05) is 7.11 Å². The van der Waals surface area contributed by atoms with Crippen molar-refractivity contribution in [1.29, 1.82) is 0 Å². The molecule has 0 heterocycles. The van der Waals surface area contributed by atoms with Gasteiger partial charge in [-0.2, -0.15) is 0 Å². The Morgan fingerprint density at radius 1 is 1.38 bits per heavy atom. The Labute approximate surface area is 104 Å². The number of hydrogen-bond acceptors (Lipinski definition) is 3. The fourth-order valence-corrected chi connectivity index (χ4v) is 3.08. The first-order valence-corrected chi connectivity index (χ1v) is 6.22. The molecular weight excluding hydrogens is 270 g/mol. The maximum Gasteiger partial charge on any atom is 0.161 e. The largest absolute Gasteiger partial charge is 0.504 e. The molecule has 0 amide bonds. The van der Waals surface area contributed by atoms with Gasteiger partial charge in [-0.1, -0.05) is 28.8 Å². The average Bonchev–Trinajstić information content (AvgIpc) is 2.69. The maximum absolute atomic E-state index is 9.79. The van der Waals surface area contributed by atoms with Gasteiger partial charge in [0, 0.05) is 10.0 Å². The second kappa shape index (κ2) is 4.26. The quantitative estimate of drug-likeness (QED) is 0.879. The highest BCUT2D eigenvalue weighted by atomic mass is 79.9. The Morgan fingerprint density at radius 2 is 2.00 bits per heavy atom. The highest BCUT2D eigenvalue weighted by molar-refractivity contribution is 9.10. The molecule has 16 heavy (non-hydrogen) atoms. The van der Waals surface area contributed by atoms with Crippen LogP contribution in [-0.2, 0) is 5.54 Å². The molecule has 1 aliphatic rings. The van der Waals surface area contributed by atoms with Crippen molar-refractivity contribution < 1.29 is 9.84 Å². The first-order chi connectivity index (χ1) is 7.57. The third kappa shape index (κ3) is 1.92. The zero-order valence-corrected chi connectivity index (χ0v) is 10.9. The van der Waals surface area contributed by atoms with Gasteiger partial charge in [-0.25, -0.2) is 0 Å². The molecule has 0 radical (unpaired) electrons. The molecule has 0 bridgehead atoms. The number of benzene rings is 1. The molecule has 1 aromatic rings. The van der Waals surface area contributed by atoms with Crippen LogP contribution < -0.4 is 10.5 Å². The van der Waals surface area contributed by atoms with Crippen molar-refractivity contribution in [3.8, 4) is 11.5 Å². The minimum absolute atomic E-state index is 0.150. The SMILES string of the molecule is COc1cc(Br)c(C2(N)CCCC2)cc1O. The van der Waals surface area contributed by atoms with E-state index in [1.807, 2.05) is 0 Å². The standard InChI is InChI=1S/C12H16BrNO2/c1-16-11-7-9(13)8(6-10(11)15)12(14)4-2-3-5-12/h6-7,15H,2-5,14H2,1H3. The molecule has 0 spiro atoms. The van der Waals surface area contributed by atoms with E-state index in [2.05, 4.69) is 15.9 Å². The zero-order chi connectivity index (χ0) is 11.8. The van der Waals surface area contributed by atoms with Crippen molar-refractivity contribution in [3.05, 3.63) is 22.2 Å². The summed E-state index contributed by atoms with van der Waals surface area (Å²) >= 11 is 3.50. The van der Waals surface area contributed by atoms with Crippen molar-refractivity contribution in [2.45, 2.75) is 31.2 Å². The van der Waals surface area contributed by atoms with Crippen LogP contribution in [0.4, 0.5) is 0 Å². The molecule has 3 nitrogen and oxygen atoms in total. The molecule has 4 heteroatoms. The van der Waals surface area contributed by atoms with Gasteiger partial charge in [-0.15, -0.1) is 0 Å². The molecular formula is C12H16BrNO2. The van der Waals surface area contributed by atoms with Gasteiger partial charge in [0.25, 0.3) is 0 Å². The van der Waals surface area contributed by atoms with E-state index < -0.39 is 0 Å². The van der Waals surface area contributed by atoms with Crippen LogP contribution in [0.2, 0.25) is 0 Å². The molecule has 88 valence electrons. The summed E-state index contributed by atoms with van der Waals surface area (Å²) in [5.41, 5.74) is 7.03. The van der Waals surface area contributed by atoms with Gasteiger partial charge in [0.1, 0.15) is 0 Å². The number of nitrogens with two attached hydrogens (primary N) is 1. The van der Waals surface area contributed by atoms with Crippen molar-refractivity contribution >= 4 is 15.9 Å². The predicted octanol–water partition coefficient (Wildman–Crippen LogP) is 2.89. The van der Waals surface area contributed by atoms with Crippen LogP contribution in [-0.4, -0.2) is 12.2 Å². The summed E-state index contributed by atoms with van der Waals surface area (Å²) in [5, 5.41) is 9.79. The molecule has 0 aliphatic heterocycles. The second-order valence-electron chi connectivity index (χ2n) is 4.37. The summed E-state index contributed by atoms with van der Waals surface area (Å²) < 4.78 is 5.96. The van der Waals surface area contributed by atoms with Crippen LogP contribution in [0.3, 0.4) is 0 Å². The number of methoxy groups -OCH3 is 1. The maximum atomic E-state index is 9.79. The molecule has 0 saturated heterocycles. The lowest BCUT2D eigenvalue weighted by Gasteiger charge is -2.26. The Bertz CT molecular complexity index is 400. The van der Waals surface area contributed by atoms with Crippen molar-refractivity contribution in [1.82, 2.24) is 0 Å². The van der Waals surface area contributed by atoms with Crippen molar-refractivity contribution in [2.24, 2.45) is 5.73 Å². The van der Waals surface area contributed by atoms with Crippen LogP contribution in [0, 0.1) is 0 Å². The number of phenols is 1. The topological polar surface area (TPSA) is 55.5 Å². The van der Waals surface area contributed by atoms with E-state index in [1.165, 1.54) is 7.11 Å². The van der Waals surface area contributed by atoms with Gasteiger partial charge >= 0.3 is 0 Å². The van der Waals surface area contributed by atoms with Crippen LogP contribution in [0.1, 0.15) is 31.2 Å². The molecule has 0 atom stereocenters. The second-order valence-corrected chi connectivity index (χ2v) is 5.22. The van der Waals surface area contributed by atoms with Gasteiger partial charge in [0.05, 0.1) is 7.11 Å². The van der Waals surface area contributed by atoms with E-state index in [0.717, 1.165) is 35.7 Å². The Morgan fingerprint density at radius 3 is 2.56 bits per heavy atom. The number of halogens is 1. The van der Waals surface area contributed by atoms with Crippen LogP contribution in [0.15, 0.2) is 16.6 Å². The molecule has 0 unspecified atom stereocenters. The van der Waals surface area contributed by atoms with Gasteiger partial charge in [-0.05, 0) is 30.5 Å². The lowest BCUT2D eigenvalue weighted by molar-refractivity contribution is 0.369. The highest BCUT2D eigenvalue weighted by Gasteiger charge is 2.33. The van der Waals surface area contributed by atoms with Gasteiger partial charge < -0.3 is 15.6 Å². The monoisotopic (exact) mass is 285 g/mol. The molecule has 1 aromatic carbocycles. The molecule has 0 aromatic heterocycles. The van der Waals surface area contributed by atoms with Crippen LogP contribution in [0.5, 0.6) is 11.5 Å². The molecule has 2 rings (SSSR count). The third-order valence-electron chi connectivity index (χ3n) is 3.30. The van der Waals surface area contributed by atoms with E-state index >= 15 is 0 Å². The summed E-state index contributed by atoms with van der Waals surface area (Å²) in [7, 11) is 1.54. The summed E-state index contributed by atoms with van der Waals surface area (Å²) in [6, 6.07) is 3.49. The molecule has 1 aliphatic carbocycles. The lowest BCUT2D eigenvalue weighted by atomic mass is 9.89. The summed E-state index contributed by atoms with van der Waals surface area (Å²) in [6.07, 6.45) is 4.24.